The maximum atomic E-state index is 11.7. The zero-order valence-corrected chi connectivity index (χ0v) is 8.82. The second-order valence-electron chi connectivity index (χ2n) is 3.82. The van der Waals surface area contributed by atoms with E-state index < -0.39 is 0 Å². The van der Waals surface area contributed by atoms with Crippen LogP contribution in [0.15, 0.2) is 10.8 Å². The average molecular weight is 210 g/mol. The second-order valence-corrected chi connectivity index (χ2v) is 3.82. The predicted octanol–water partition coefficient (Wildman–Crippen LogP) is 1.49. The number of aromatic nitrogens is 1. The van der Waals surface area contributed by atoms with Crippen LogP contribution in [0.3, 0.4) is 0 Å². The molecule has 82 valence electrons. The third-order valence-electron chi connectivity index (χ3n) is 2.53. The fraction of sp³-hybridized carbons (Fsp3) is 0.600. The first-order chi connectivity index (χ1) is 7.16. The lowest BCUT2D eigenvalue weighted by Crippen LogP contribution is -2.27. The molecular weight excluding hydrogens is 196 g/mol. The van der Waals surface area contributed by atoms with Crippen LogP contribution in [0.5, 0.6) is 0 Å². The molecular formula is C10H14N2O3. The third-order valence-corrected chi connectivity index (χ3v) is 2.53. The number of anilines is 1. The van der Waals surface area contributed by atoms with E-state index in [9.17, 15) is 4.79 Å². The van der Waals surface area contributed by atoms with Gasteiger partial charge in [0.1, 0.15) is 23.7 Å². The number of nitrogens with zero attached hydrogens (tertiary/aromatic N) is 1. The first kappa shape index (κ1) is 10.2. The highest BCUT2D eigenvalue weighted by Gasteiger charge is 2.28. The topological polar surface area (TPSA) is 64.4 Å². The standard InChI is InChI=1S/C10H14N2O3/c1-6-3-4-9(15-6)10(13)11-8-5-14-12-7(8)2/h5-6,9H,3-4H2,1-2H3,(H,11,13). The van der Waals surface area contributed by atoms with Crippen molar-refractivity contribution in [2.45, 2.75) is 38.9 Å². The molecule has 0 bridgehead atoms. The van der Waals surface area contributed by atoms with Crippen molar-refractivity contribution in [1.82, 2.24) is 5.16 Å². The highest BCUT2D eigenvalue weighted by molar-refractivity contribution is 5.94. The van der Waals surface area contributed by atoms with Gasteiger partial charge in [0, 0.05) is 0 Å². The minimum atomic E-state index is -0.339. The molecule has 2 heterocycles. The summed E-state index contributed by atoms with van der Waals surface area (Å²) in [5.41, 5.74) is 1.29. The predicted molar refractivity (Wildman–Crippen MR) is 53.4 cm³/mol. The molecule has 1 aromatic rings. The van der Waals surface area contributed by atoms with Gasteiger partial charge in [-0.3, -0.25) is 4.79 Å². The number of carbonyl (C=O) groups is 1. The lowest BCUT2D eigenvalue weighted by molar-refractivity contribution is -0.126. The molecule has 5 nitrogen and oxygen atoms in total. The molecule has 15 heavy (non-hydrogen) atoms. The summed E-state index contributed by atoms with van der Waals surface area (Å²) in [6.07, 6.45) is 2.96. The fourth-order valence-corrected chi connectivity index (χ4v) is 1.62. The minimum absolute atomic E-state index is 0.120. The Hall–Kier alpha value is -1.36. The first-order valence-electron chi connectivity index (χ1n) is 5.04. The van der Waals surface area contributed by atoms with Crippen molar-refractivity contribution in [1.29, 1.82) is 0 Å². The largest absolute Gasteiger partial charge is 0.365 e. The van der Waals surface area contributed by atoms with Gasteiger partial charge < -0.3 is 14.6 Å². The molecule has 5 heteroatoms. The van der Waals surface area contributed by atoms with E-state index >= 15 is 0 Å². The van der Waals surface area contributed by atoms with E-state index in [1.165, 1.54) is 6.26 Å². The van der Waals surface area contributed by atoms with Crippen LogP contribution in [0.25, 0.3) is 0 Å². The highest BCUT2D eigenvalue weighted by Crippen LogP contribution is 2.21. The van der Waals surface area contributed by atoms with E-state index in [0.29, 0.717) is 11.4 Å². The minimum Gasteiger partial charge on any atom is -0.365 e. The van der Waals surface area contributed by atoms with Crippen LogP contribution in [0.1, 0.15) is 25.5 Å². The van der Waals surface area contributed by atoms with Crippen LogP contribution in [0, 0.1) is 6.92 Å². The number of nitrogens with one attached hydrogen (secondary N) is 1. The molecule has 2 rings (SSSR count). The van der Waals surface area contributed by atoms with Crippen LogP contribution in [-0.4, -0.2) is 23.3 Å². The molecule has 1 aliphatic rings. The van der Waals surface area contributed by atoms with Crippen molar-refractivity contribution in [3.05, 3.63) is 12.0 Å². The van der Waals surface area contributed by atoms with E-state index in [2.05, 4.69) is 10.5 Å². The summed E-state index contributed by atoms with van der Waals surface area (Å²) < 4.78 is 10.2. The number of carbonyl (C=O) groups excluding carboxylic acids is 1. The molecule has 0 aromatic carbocycles. The Kier molecular flexibility index (Phi) is 2.73. The van der Waals surface area contributed by atoms with Crippen LogP contribution >= 0.6 is 0 Å². The maximum Gasteiger partial charge on any atom is 0.253 e. The fourth-order valence-electron chi connectivity index (χ4n) is 1.62. The van der Waals surface area contributed by atoms with Gasteiger partial charge in [0.15, 0.2) is 0 Å². The van der Waals surface area contributed by atoms with Crippen molar-refractivity contribution in [3.63, 3.8) is 0 Å². The molecule has 1 aromatic heterocycles. The summed E-state index contributed by atoms with van der Waals surface area (Å²) >= 11 is 0. The quantitative estimate of drug-likeness (QED) is 0.803. The number of hydrogen-bond acceptors (Lipinski definition) is 4. The Morgan fingerprint density at radius 2 is 2.40 bits per heavy atom. The third kappa shape index (κ3) is 2.18. The maximum absolute atomic E-state index is 11.7. The van der Waals surface area contributed by atoms with Gasteiger partial charge in [-0.05, 0) is 26.7 Å². The van der Waals surface area contributed by atoms with Gasteiger partial charge in [-0.1, -0.05) is 5.16 Å². The average Bonchev–Trinajstić information content (AvgIpc) is 2.77. The summed E-state index contributed by atoms with van der Waals surface area (Å²) in [7, 11) is 0. The van der Waals surface area contributed by atoms with Gasteiger partial charge in [0.2, 0.25) is 0 Å². The highest BCUT2D eigenvalue weighted by atomic mass is 16.5. The molecule has 2 unspecified atom stereocenters. The monoisotopic (exact) mass is 210 g/mol. The normalized spacial score (nSPS) is 25.5. The summed E-state index contributed by atoms with van der Waals surface area (Å²) in [5.74, 6) is -0.120. The molecule has 1 amide bonds. The van der Waals surface area contributed by atoms with E-state index in [0.717, 1.165) is 12.8 Å². The lowest BCUT2D eigenvalue weighted by Gasteiger charge is -2.10. The van der Waals surface area contributed by atoms with E-state index in [1.807, 2.05) is 6.92 Å². The Balaban J connectivity index is 1.95. The number of rotatable bonds is 2. The Bertz CT molecular complexity index is 361. The van der Waals surface area contributed by atoms with Crippen molar-refractivity contribution in [3.8, 4) is 0 Å². The van der Waals surface area contributed by atoms with Gasteiger partial charge in [-0.15, -0.1) is 0 Å². The van der Waals surface area contributed by atoms with Crippen LogP contribution in [0.4, 0.5) is 5.69 Å². The van der Waals surface area contributed by atoms with E-state index in [-0.39, 0.29) is 18.1 Å². The Morgan fingerprint density at radius 3 is 2.93 bits per heavy atom. The second kappa shape index (κ2) is 4.02. The molecule has 0 aliphatic carbocycles. The summed E-state index contributed by atoms with van der Waals surface area (Å²) in [4.78, 5) is 11.7. The molecule has 1 aliphatic heterocycles. The van der Waals surface area contributed by atoms with E-state index in [4.69, 9.17) is 9.26 Å². The van der Waals surface area contributed by atoms with Crippen LogP contribution in [-0.2, 0) is 9.53 Å². The van der Waals surface area contributed by atoms with E-state index in [1.54, 1.807) is 6.92 Å². The van der Waals surface area contributed by atoms with Crippen molar-refractivity contribution in [2.24, 2.45) is 0 Å². The molecule has 0 spiro atoms. The first-order valence-corrected chi connectivity index (χ1v) is 5.04. The molecule has 1 saturated heterocycles. The summed E-state index contributed by atoms with van der Waals surface area (Å²) in [5, 5.41) is 6.41. The summed E-state index contributed by atoms with van der Waals surface area (Å²) in [6.45, 7) is 3.75. The summed E-state index contributed by atoms with van der Waals surface area (Å²) in [6, 6.07) is 0. The van der Waals surface area contributed by atoms with Gasteiger partial charge in [-0.25, -0.2) is 0 Å². The Morgan fingerprint density at radius 1 is 1.60 bits per heavy atom. The van der Waals surface area contributed by atoms with Crippen LogP contribution < -0.4 is 5.32 Å². The van der Waals surface area contributed by atoms with Crippen molar-refractivity contribution < 1.29 is 14.1 Å². The van der Waals surface area contributed by atoms with Crippen molar-refractivity contribution >= 4 is 11.6 Å². The molecule has 1 fully saturated rings. The lowest BCUT2D eigenvalue weighted by atomic mass is 10.2. The number of aryl methyl sites for hydroxylation is 1. The smallest absolute Gasteiger partial charge is 0.253 e. The van der Waals surface area contributed by atoms with Gasteiger partial charge in [-0.2, -0.15) is 0 Å². The number of ether oxygens (including phenoxy) is 1. The van der Waals surface area contributed by atoms with Gasteiger partial charge >= 0.3 is 0 Å². The van der Waals surface area contributed by atoms with Gasteiger partial charge in [0.05, 0.1) is 6.10 Å². The van der Waals surface area contributed by atoms with Crippen molar-refractivity contribution in [2.75, 3.05) is 5.32 Å². The number of hydrogen-bond donors (Lipinski definition) is 1. The van der Waals surface area contributed by atoms with Crippen LogP contribution in [0.2, 0.25) is 0 Å². The Labute approximate surface area is 87.8 Å². The molecule has 2 atom stereocenters. The molecule has 1 N–H and O–H groups in total. The molecule has 0 radical (unpaired) electrons. The molecule has 0 saturated carbocycles. The SMILES string of the molecule is Cc1nocc1NC(=O)C1CCC(C)O1. The zero-order valence-electron chi connectivity index (χ0n) is 8.82. The van der Waals surface area contributed by atoms with Gasteiger partial charge in [0.25, 0.3) is 5.91 Å². The number of amides is 1. The zero-order chi connectivity index (χ0) is 10.8.